The van der Waals surface area contributed by atoms with Crippen LogP contribution in [0.2, 0.25) is 0 Å². The van der Waals surface area contributed by atoms with Gasteiger partial charge in [0.2, 0.25) is 5.82 Å². The molecule has 3 rings (SSSR count). The molecule has 0 aliphatic heterocycles. The number of hydrogen-bond donors (Lipinski definition) is 0. The number of ether oxygens (including phenoxy) is 2. The lowest BCUT2D eigenvalue weighted by Gasteiger charge is -2.20. The Labute approximate surface area is 179 Å². The Bertz CT molecular complexity index is 1040. The van der Waals surface area contributed by atoms with Crippen molar-refractivity contribution in [1.29, 1.82) is 0 Å². The van der Waals surface area contributed by atoms with E-state index >= 15 is 0 Å². The average Bonchev–Trinajstić information content (AvgIpc) is 3.07. The van der Waals surface area contributed by atoms with Crippen LogP contribution in [0.3, 0.4) is 0 Å². The van der Waals surface area contributed by atoms with E-state index in [1.54, 1.807) is 24.3 Å². The van der Waals surface area contributed by atoms with Gasteiger partial charge in [-0.3, -0.25) is 4.79 Å². The van der Waals surface area contributed by atoms with Crippen molar-refractivity contribution in [2.45, 2.75) is 46.3 Å². The molecule has 1 atom stereocenters. The van der Waals surface area contributed by atoms with Crippen LogP contribution in [0, 0.1) is 17.6 Å². The summed E-state index contributed by atoms with van der Waals surface area (Å²) < 4.78 is 37.6. The number of nitrogens with zero attached hydrogens (tertiary/aromatic N) is 4. The number of halogens is 2. The fourth-order valence-corrected chi connectivity index (χ4v) is 2.87. The minimum absolute atomic E-state index is 0.0437. The zero-order valence-corrected chi connectivity index (χ0v) is 17.8. The first-order chi connectivity index (χ1) is 14.6. The van der Waals surface area contributed by atoms with Gasteiger partial charge in [-0.1, -0.05) is 19.1 Å². The summed E-state index contributed by atoms with van der Waals surface area (Å²) in [5.41, 5.74) is 0.0975. The molecule has 0 saturated heterocycles. The van der Waals surface area contributed by atoms with E-state index in [-0.39, 0.29) is 24.1 Å². The highest BCUT2D eigenvalue weighted by molar-refractivity contribution is 5.70. The van der Waals surface area contributed by atoms with Gasteiger partial charge >= 0.3 is 5.97 Å². The van der Waals surface area contributed by atoms with Crippen LogP contribution in [-0.2, 0) is 16.1 Å². The predicted molar refractivity (Wildman–Crippen MR) is 109 cm³/mol. The standard InChI is InChI=1S/C22H24F2N4O3/c1-14(8-20(29)31-22(2,3)4)13-28-26-21(25-27-28)15-6-5-7-18(9-15)30-19-11-16(23)10-17(24)12-19/h5-7,9-12,14H,8,13H2,1-4H3/t14-/m1/s1. The largest absolute Gasteiger partial charge is 0.460 e. The number of rotatable bonds is 7. The third-order valence-corrected chi connectivity index (χ3v) is 4.03. The zero-order valence-electron chi connectivity index (χ0n) is 17.8. The maximum atomic E-state index is 13.4. The van der Waals surface area contributed by atoms with Crippen molar-refractivity contribution in [3.63, 3.8) is 0 Å². The van der Waals surface area contributed by atoms with Crippen LogP contribution in [-0.4, -0.2) is 31.8 Å². The quantitative estimate of drug-likeness (QED) is 0.502. The van der Waals surface area contributed by atoms with Crippen LogP contribution in [0.25, 0.3) is 11.4 Å². The first-order valence-corrected chi connectivity index (χ1v) is 9.81. The molecule has 0 fully saturated rings. The van der Waals surface area contributed by atoms with Crippen molar-refractivity contribution < 1.29 is 23.0 Å². The fourth-order valence-electron chi connectivity index (χ4n) is 2.87. The molecule has 9 heteroatoms. The highest BCUT2D eigenvalue weighted by Crippen LogP contribution is 2.26. The van der Waals surface area contributed by atoms with E-state index < -0.39 is 17.2 Å². The molecular weight excluding hydrogens is 406 g/mol. The van der Waals surface area contributed by atoms with E-state index in [0.717, 1.165) is 18.2 Å². The van der Waals surface area contributed by atoms with Crippen molar-refractivity contribution in [1.82, 2.24) is 20.2 Å². The highest BCUT2D eigenvalue weighted by Gasteiger charge is 2.19. The minimum Gasteiger partial charge on any atom is -0.460 e. The molecule has 0 aliphatic rings. The Morgan fingerprint density at radius 2 is 1.81 bits per heavy atom. The summed E-state index contributed by atoms with van der Waals surface area (Å²) >= 11 is 0. The molecule has 2 aromatic carbocycles. The molecule has 0 N–H and O–H groups in total. The zero-order chi connectivity index (χ0) is 22.6. The Morgan fingerprint density at radius 3 is 2.48 bits per heavy atom. The monoisotopic (exact) mass is 430 g/mol. The molecule has 0 unspecified atom stereocenters. The SMILES string of the molecule is C[C@H](CC(=O)OC(C)(C)C)Cn1nnc(-c2cccc(Oc3cc(F)cc(F)c3)c2)n1. The third-order valence-electron chi connectivity index (χ3n) is 4.03. The van der Waals surface area contributed by atoms with Gasteiger partial charge < -0.3 is 9.47 Å². The highest BCUT2D eigenvalue weighted by atomic mass is 19.1. The van der Waals surface area contributed by atoms with Gasteiger partial charge in [0.25, 0.3) is 0 Å². The molecule has 1 heterocycles. The van der Waals surface area contributed by atoms with Crippen LogP contribution in [0.5, 0.6) is 11.5 Å². The van der Waals surface area contributed by atoms with Crippen molar-refractivity contribution in [2.24, 2.45) is 5.92 Å². The Kier molecular flexibility index (Phi) is 6.62. The summed E-state index contributed by atoms with van der Waals surface area (Å²) in [7, 11) is 0. The number of aromatic nitrogens is 4. The number of tetrazole rings is 1. The average molecular weight is 430 g/mol. The van der Waals surface area contributed by atoms with E-state index in [1.807, 2.05) is 27.7 Å². The van der Waals surface area contributed by atoms with E-state index in [4.69, 9.17) is 9.47 Å². The summed E-state index contributed by atoms with van der Waals surface area (Å²) in [5, 5.41) is 12.4. The Balaban J connectivity index is 1.65. The van der Waals surface area contributed by atoms with Crippen LogP contribution >= 0.6 is 0 Å². The van der Waals surface area contributed by atoms with Gasteiger partial charge in [-0.2, -0.15) is 4.80 Å². The molecule has 0 radical (unpaired) electrons. The molecule has 0 spiro atoms. The van der Waals surface area contributed by atoms with E-state index in [0.29, 0.717) is 23.7 Å². The van der Waals surface area contributed by atoms with Crippen molar-refractivity contribution in [2.75, 3.05) is 0 Å². The normalized spacial score (nSPS) is 12.5. The minimum atomic E-state index is -0.726. The maximum absolute atomic E-state index is 13.4. The second-order valence-corrected chi connectivity index (χ2v) is 8.30. The lowest BCUT2D eigenvalue weighted by Crippen LogP contribution is -2.25. The van der Waals surface area contributed by atoms with Gasteiger partial charge in [-0.15, -0.1) is 10.2 Å². The molecular formula is C22H24F2N4O3. The van der Waals surface area contributed by atoms with E-state index in [2.05, 4.69) is 15.4 Å². The second kappa shape index (κ2) is 9.20. The number of benzene rings is 2. The van der Waals surface area contributed by atoms with Gasteiger partial charge in [-0.25, -0.2) is 8.78 Å². The summed E-state index contributed by atoms with van der Waals surface area (Å²) in [6, 6.07) is 9.74. The van der Waals surface area contributed by atoms with Gasteiger partial charge in [-0.05, 0) is 44.0 Å². The van der Waals surface area contributed by atoms with Crippen LogP contribution in [0.15, 0.2) is 42.5 Å². The number of carbonyl (C=O) groups is 1. The molecule has 0 bridgehead atoms. The van der Waals surface area contributed by atoms with E-state index in [9.17, 15) is 13.6 Å². The summed E-state index contributed by atoms with van der Waals surface area (Å²) in [6.45, 7) is 7.76. The lowest BCUT2D eigenvalue weighted by molar-refractivity contribution is -0.155. The lowest BCUT2D eigenvalue weighted by atomic mass is 10.1. The van der Waals surface area contributed by atoms with Crippen LogP contribution in [0.1, 0.15) is 34.1 Å². The van der Waals surface area contributed by atoms with Crippen molar-refractivity contribution in [3.05, 3.63) is 54.1 Å². The van der Waals surface area contributed by atoms with E-state index in [1.165, 1.54) is 4.80 Å². The third kappa shape index (κ3) is 6.84. The maximum Gasteiger partial charge on any atom is 0.306 e. The Hall–Kier alpha value is -3.36. The van der Waals surface area contributed by atoms with Crippen molar-refractivity contribution >= 4 is 5.97 Å². The van der Waals surface area contributed by atoms with Crippen LogP contribution < -0.4 is 4.74 Å². The fraction of sp³-hybridized carbons (Fsp3) is 0.364. The second-order valence-electron chi connectivity index (χ2n) is 8.30. The van der Waals surface area contributed by atoms with Gasteiger partial charge in [0, 0.05) is 30.2 Å². The molecule has 1 aromatic heterocycles. The number of esters is 1. The Morgan fingerprint density at radius 1 is 1.10 bits per heavy atom. The smallest absolute Gasteiger partial charge is 0.306 e. The van der Waals surface area contributed by atoms with Gasteiger partial charge in [0.1, 0.15) is 28.7 Å². The topological polar surface area (TPSA) is 79.1 Å². The first-order valence-electron chi connectivity index (χ1n) is 9.81. The molecule has 31 heavy (non-hydrogen) atoms. The van der Waals surface area contributed by atoms with Crippen molar-refractivity contribution in [3.8, 4) is 22.9 Å². The summed E-state index contributed by atoms with van der Waals surface area (Å²) in [5.74, 6) is -0.999. The van der Waals surface area contributed by atoms with Crippen LogP contribution in [0.4, 0.5) is 8.78 Å². The van der Waals surface area contributed by atoms with Gasteiger partial charge in [0.05, 0.1) is 6.54 Å². The van der Waals surface area contributed by atoms with Gasteiger partial charge in [0.15, 0.2) is 0 Å². The first kappa shape index (κ1) is 22.3. The predicted octanol–water partition coefficient (Wildman–Crippen LogP) is 4.78. The molecule has 0 saturated carbocycles. The molecule has 164 valence electrons. The summed E-state index contributed by atoms with van der Waals surface area (Å²) in [6.07, 6.45) is 0.238. The number of carbonyl (C=O) groups excluding carboxylic acids is 1. The summed E-state index contributed by atoms with van der Waals surface area (Å²) in [4.78, 5) is 13.4. The molecule has 0 aliphatic carbocycles. The molecule has 7 nitrogen and oxygen atoms in total. The molecule has 0 amide bonds. The molecule has 3 aromatic rings. The number of hydrogen-bond acceptors (Lipinski definition) is 6.